The van der Waals surface area contributed by atoms with Gasteiger partial charge in [0.2, 0.25) is 5.91 Å². The molecule has 2 fully saturated rings. The number of benzene rings is 1. The third-order valence-electron chi connectivity index (χ3n) is 4.91. The van der Waals surface area contributed by atoms with Gasteiger partial charge in [0.05, 0.1) is 5.41 Å². The lowest BCUT2D eigenvalue weighted by molar-refractivity contribution is -0.130. The number of rotatable bonds is 4. The number of carbonyl (C=O) groups is 1. The number of anilines is 1. The fraction of sp³-hybridized carbons (Fsp3) is 0.529. The highest BCUT2D eigenvalue weighted by molar-refractivity contribution is 5.97. The number of fused-ring (bicyclic) bond motifs is 1. The van der Waals surface area contributed by atoms with Crippen LogP contribution in [0, 0.1) is 5.41 Å². The van der Waals surface area contributed by atoms with E-state index in [1.165, 1.54) is 0 Å². The van der Waals surface area contributed by atoms with Crippen molar-refractivity contribution in [2.45, 2.75) is 31.6 Å². The SMILES string of the molecule is NCC1(C(=O)Nc2ccc3nc(C4CC4)oc3c2)CCOCC1. The second kappa shape index (κ2) is 5.62. The Kier molecular flexibility index (Phi) is 3.58. The number of amides is 1. The lowest BCUT2D eigenvalue weighted by atomic mass is 9.79. The van der Waals surface area contributed by atoms with Crippen LogP contribution in [-0.4, -0.2) is 30.6 Å². The van der Waals surface area contributed by atoms with Crippen LogP contribution in [0.2, 0.25) is 0 Å². The molecule has 0 bridgehead atoms. The summed E-state index contributed by atoms with van der Waals surface area (Å²) in [6, 6.07) is 5.60. The summed E-state index contributed by atoms with van der Waals surface area (Å²) in [7, 11) is 0. The number of nitrogens with zero attached hydrogens (tertiary/aromatic N) is 1. The molecule has 6 heteroatoms. The van der Waals surface area contributed by atoms with Gasteiger partial charge in [0.15, 0.2) is 11.5 Å². The van der Waals surface area contributed by atoms with Gasteiger partial charge >= 0.3 is 0 Å². The molecule has 0 unspecified atom stereocenters. The van der Waals surface area contributed by atoms with Crippen molar-refractivity contribution in [3.8, 4) is 0 Å². The van der Waals surface area contributed by atoms with Crippen LogP contribution >= 0.6 is 0 Å². The minimum Gasteiger partial charge on any atom is -0.440 e. The van der Waals surface area contributed by atoms with E-state index < -0.39 is 5.41 Å². The van der Waals surface area contributed by atoms with Crippen molar-refractivity contribution in [3.63, 3.8) is 0 Å². The van der Waals surface area contributed by atoms with Crippen molar-refractivity contribution < 1.29 is 13.9 Å². The molecular formula is C17H21N3O3. The van der Waals surface area contributed by atoms with E-state index in [0.717, 1.165) is 35.5 Å². The number of oxazole rings is 1. The first-order chi connectivity index (χ1) is 11.2. The molecule has 0 atom stereocenters. The van der Waals surface area contributed by atoms with E-state index in [1.54, 1.807) is 0 Å². The molecule has 1 aliphatic heterocycles. The highest BCUT2D eigenvalue weighted by Crippen LogP contribution is 2.40. The Morgan fingerprint density at radius 1 is 1.35 bits per heavy atom. The fourth-order valence-electron chi connectivity index (χ4n) is 3.07. The van der Waals surface area contributed by atoms with Crippen molar-refractivity contribution in [2.75, 3.05) is 25.1 Å². The zero-order chi connectivity index (χ0) is 15.9. The van der Waals surface area contributed by atoms with E-state index in [0.29, 0.717) is 38.5 Å². The summed E-state index contributed by atoms with van der Waals surface area (Å²) in [5, 5.41) is 2.99. The van der Waals surface area contributed by atoms with E-state index in [2.05, 4.69) is 10.3 Å². The van der Waals surface area contributed by atoms with Crippen LogP contribution in [0.3, 0.4) is 0 Å². The summed E-state index contributed by atoms with van der Waals surface area (Å²) in [5.41, 5.74) is 7.63. The van der Waals surface area contributed by atoms with Crippen LogP contribution in [0.1, 0.15) is 37.5 Å². The van der Waals surface area contributed by atoms with Crippen LogP contribution in [0.4, 0.5) is 5.69 Å². The molecule has 1 aromatic heterocycles. The van der Waals surface area contributed by atoms with Crippen LogP contribution in [0.15, 0.2) is 22.6 Å². The molecule has 23 heavy (non-hydrogen) atoms. The van der Waals surface area contributed by atoms with Gasteiger partial charge in [-0.15, -0.1) is 0 Å². The second-order valence-corrected chi connectivity index (χ2v) is 6.56. The fourth-order valence-corrected chi connectivity index (χ4v) is 3.07. The maximum absolute atomic E-state index is 12.7. The summed E-state index contributed by atoms with van der Waals surface area (Å²) in [5.74, 6) is 1.25. The average Bonchev–Trinajstić information content (AvgIpc) is 3.35. The first kappa shape index (κ1) is 14.7. The minimum absolute atomic E-state index is 0.0374. The molecular weight excluding hydrogens is 294 g/mol. The van der Waals surface area contributed by atoms with E-state index in [1.807, 2.05) is 18.2 Å². The number of nitrogens with two attached hydrogens (primary N) is 1. The Labute approximate surface area is 134 Å². The van der Waals surface area contributed by atoms with Crippen LogP contribution < -0.4 is 11.1 Å². The Bertz CT molecular complexity index is 730. The summed E-state index contributed by atoms with van der Waals surface area (Å²) in [4.78, 5) is 17.2. The van der Waals surface area contributed by atoms with Crippen molar-refractivity contribution in [1.29, 1.82) is 0 Å². The maximum Gasteiger partial charge on any atom is 0.232 e. The molecule has 1 saturated heterocycles. The molecule has 2 aliphatic rings. The van der Waals surface area contributed by atoms with Gasteiger partial charge in [-0.2, -0.15) is 0 Å². The standard InChI is InChI=1S/C17H21N3O3/c18-10-17(5-7-22-8-6-17)16(21)19-12-3-4-13-14(9-12)23-15(20-13)11-1-2-11/h3-4,9,11H,1-2,5-8,10,18H2,(H,19,21). The van der Waals surface area contributed by atoms with E-state index in [9.17, 15) is 4.79 Å². The molecule has 1 saturated carbocycles. The quantitative estimate of drug-likeness (QED) is 0.904. The lowest BCUT2D eigenvalue weighted by Crippen LogP contribution is -2.46. The number of hydrogen-bond acceptors (Lipinski definition) is 5. The number of ether oxygens (including phenoxy) is 1. The third-order valence-corrected chi connectivity index (χ3v) is 4.91. The molecule has 6 nitrogen and oxygen atoms in total. The topological polar surface area (TPSA) is 90.4 Å². The summed E-state index contributed by atoms with van der Waals surface area (Å²) < 4.78 is 11.2. The Morgan fingerprint density at radius 2 is 2.13 bits per heavy atom. The molecule has 0 radical (unpaired) electrons. The van der Waals surface area contributed by atoms with Crippen molar-refractivity contribution in [1.82, 2.24) is 4.98 Å². The highest BCUT2D eigenvalue weighted by atomic mass is 16.5. The molecule has 1 aromatic carbocycles. The molecule has 0 spiro atoms. The number of hydrogen-bond donors (Lipinski definition) is 2. The van der Waals surface area contributed by atoms with Gasteiger partial charge in [-0.3, -0.25) is 4.79 Å². The third kappa shape index (κ3) is 2.72. The average molecular weight is 315 g/mol. The second-order valence-electron chi connectivity index (χ2n) is 6.56. The summed E-state index contributed by atoms with van der Waals surface area (Å²) >= 11 is 0. The van der Waals surface area contributed by atoms with E-state index in [-0.39, 0.29) is 5.91 Å². The predicted octanol–water partition coefficient (Wildman–Crippen LogP) is 2.40. The van der Waals surface area contributed by atoms with Crippen LogP contribution in [0.25, 0.3) is 11.1 Å². The number of nitrogens with one attached hydrogen (secondary N) is 1. The van der Waals surface area contributed by atoms with Crippen molar-refractivity contribution in [3.05, 3.63) is 24.1 Å². The van der Waals surface area contributed by atoms with Gasteiger partial charge in [0.1, 0.15) is 5.52 Å². The smallest absolute Gasteiger partial charge is 0.232 e. The normalized spacial score (nSPS) is 20.6. The zero-order valence-electron chi connectivity index (χ0n) is 13.0. The number of aromatic nitrogens is 1. The first-order valence-corrected chi connectivity index (χ1v) is 8.20. The first-order valence-electron chi connectivity index (χ1n) is 8.20. The van der Waals surface area contributed by atoms with Gasteiger partial charge in [-0.1, -0.05) is 0 Å². The van der Waals surface area contributed by atoms with Gasteiger partial charge in [-0.25, -0.2) is 4.98 Å². The maximum atomic E-state index is 12.7. The Hall–Kier alpha value is -1.92. The van der Waals surface area contributed by atoms with Gasteiger partial charge < -0.3 is 20.2 Å². The molecule has 1 amide bonds. The minimum atomic E-state index is -0.534. The zero-order valence-corrected chi connectivity index (χ0v) is 13.0. The van der Waals surface area contributed by atoms with Crippen molar-refractivity contribution >= 4 is 22.7 Å². The summed E-state index contributed by atoms with van der Waals surface area (Å²) in [6.45, 7) is 1.49. The van der Waals surface area contributed by atoms with Gasteiger partial charge in [0.25, 0.3) is 0 Å². The molecule has 2 aromatic rings. The molecule has 122 valence electrons. The Balaban J connectivity index is 1.55. The largest absolute Gasteiger partial charge is 0.440 e. The van der Waals surface area contributed by atoms with Gasteiger partial charge in [-0.05, 0) is 37.8 Å². The number of carbonyl (C=O) groups excluding carboxylic acids is 1. The Morgan fingerprint density at radius 3 is 2.83 bits per heavy atom. The predicted molar refractivity (Wildman–Crippen MR) is 86.2 cm³/mol. The monoisotopic (exact) mass is 315 g/mol. The van der Waals surface area contributed by atoms with E-state index in [4.69, 9.17) is 14.9 Å². The van der Waals surface area contributed by atoms with Gasteiger partial charge in [0, 0.05) is 37.4 Å². The molecule has 2 heterocycles. The molecule has 1 aliphatic carbocycles. The van der Waals surface area contributed by atoms with Crippen molar-refractivity contribution in [2.24, 2.45) is 11.1 Å². The molecule has 4 rings (SSSR count). The van der Waals surface area contributed by atoms with Crippen LogP contribution in [0.5, 0.6) is 0 Å². The summed E-state index contributed by atoms with van der Waals surface area (Å²) in [6.07, 6.45) is 3.62. The molecule has 3 N–H and O–H groups in total. The van der Waals surface area contributed by atoms with E-state index >= 15 is 0 Å². The lowest BCUT2D eigenvalue weighted by Gasteiger charge is -2.34. The van der Waals surface area contributed by atoms with Crippen LogP contribution in [-0.2, 0) is 9.53 Å². The highest BCUT2D eigenvalue weighted by Gasteiger charge is 2.38.